The maximum absolute atomic E-state index is 5.56. The predicted octanol–water partition coefficient (Wildman–Crippen LogP) is 2.27. The molecular weight excluding hydrogens is 212 g/mol. The lowest BCUT2D eigenvalue weighted by Crippen LogP contribution is -2.40. The van der Waals surface area contributed by atoms with Crippen LogP contribution in [-0.2, 0) is 6.42 Å². The quantitative estimate of drug-likeness (QED) is 0.566. The van der Waals surface area contributed by atoms with Crippen LogP contribution >= 0.6 is 0 Å². The number of hydrazine groups is 1. The van der Waals surface area contributed by atoms with Gasteiger partial charge in [-0.1, -0.05) is 27.7 Å². The van der Waals surface area contributed by atoms with Crippen LogP contribution in [0, 0.1) is 5.92 Å². The molecule has 0 aliphatic rings. The molecule has 17 heavy (non-hydrogen) atoms. The van der Waals surface area contributed by atoms with Crippen molar-refractivity contribution in [2.45, 2.75) is 59.0 Å². The van der Waals surface area contributed by atoms with E-state index in [1.807, 2.05) is 0 Å². The molecule has 0 bridgehead atoms. The molecule has 3 N–H and O–H groups in total. The maximum atomic E-state index is 5.56. The molecule has 0 aromatic carbocycles. The lowest BCUT2D eigenvalue weighted by atomic mass is 10.0. The monoisotopic (exact) mass is 238 g/mol. The first kappa shape index (κ1) is 14.2. The van der Waals surface area contributed by atoms with E-state index >= 15 is 0 Å². The Morgan fingerprint density at radius 2 is 2.00 bits per heavy atom. The Morgan fingerprint density at radius 1 is 1.35 bits per heavy atom. The Kier molecular flexibility index (Phi) is 5.65. The Labute approximate surface area is 105 Å². The van der Waals surface area contributed by atoms with Crippen LogP contribution < -0.4 is 11.3 Å². The fourth-order valence-corrected chi connectivity index (χ4v) is 2.06. The summed E-state index contributed by atoms with van der Waals surface area (Å²) in [7, 11) is 0. The third-order valence-electron chi connectivity index (χ3n) is 3.43. The Bertz CT molecular complexity index is 315. The van der Waals surface area contributed by atoms with Crippen molar-refractivity contribution in [3.05, 3.63) is 18.0 Å². The van der Waals surface area contributed by atoms with Gasteiger partial charge in [0.2, 0.25) is 0 Å². The Balaban J connectivity index is 2.67. The summed E-state index contributed by atoms with van der Waals surface area (Å²) in [6, 6.07) is 2.91. The zero-order chi connectivity index (χ0) is 12.8. The van der Waals surface area contributed by atoms with Crippen LogP contribution in [0.1, 0.15) is 52.3 Å². The van der Waals surface area contributed by atoms with Crippen LogP contribution in [0.3, 0.4) is 0 Å². The third-order valence-corrected chi connectivity index (χ3v) is 3.43. The summed E-state index contributed by atoms with van der Waals surface area (Å²) in [5.41, 5.74) is 3.99. The van der Waals surface area contributed by atoms with Gasteiger partial charge in [-0.25, -0.2) is 0 Å². The Morgan fingerprint density at radius 3 is 2.47 bits per heavy atom. The summed E-state index contributed by atoms with van der Waals surface area (Å²) in [6.45, 7) is 8.74. The summed E-state index contributed by atoms with van der Waals surface area (Å²) < 4.78 is 2.09. The molecule has 0 aliphatic heterocycles. The lowest BCUT2D eigenvalue weighted by molar-refractivity contribution is 0.391. The number of nitrogens with one attached hydrogen (secondary N) is 1. The fourth-order valence-electron chi connectivity index (χ4n) is 2.06. The molecule has 1 heterocycles. The largest absolute Gasteiger partial charge is 0.271 e. The molecule has 1 aromatic heterocycles. The molecule has 0 amide bonds. The van der Waals surface area contributed by atoms with Crippen LogP contribution in [0.2, 0.25) is 0 Å². The highest BCUT2D eigenvalue weighted by molar-refractivity contribution is 5.02. The average molecular weight is 238 g/mol. The van der Waals surface area contributed by atoms with E-state index in [0.717, 1.165) is 25.0 Å². The van der Waals surface area contributed by atoms with Crippen LogP contribution in [-0.4, -0.2) is 15.8 Å². The van der Waals surface area contributed by atoms with E-state index in [0.29, 0.717) is 18.0 Å². The molecule has 4 nitrogen and oxygen atoms in total. The van der Waals surface area contributed by atoms with Crippen molar-refractivity contribution in [3.8, 4) is 0 Å². The van der Waals surface area contributed by atoms with Crippen molar-refractivity contribution in [1.82, 2.24) is 15.2 Å². The highest BCUT2D eigenvalue weighted by Gasteiger charge is 2.14. The zero-order valence-electron chi connectivity index (χ0n) is 11.5. The summed E-state index contributed by atoms with van der Waals surface area (Å²) in [4.78, 5) is 0. The maximum Gasteiger partial charge on any atom is 0.0640 e. The summed E-state index contributed by atoms with van der Waals surface area (Å²) in [6.07, 6.45) is 5.23. The number of hydrogen-bond donors (Lipinski definition) is 2. The van der Waals surface area contributed by atoms with Gasteiger partial charge in [-0.05, 0) is 24.8 Å². The molecule has 0 aliphatic carbocycles. The number of nitrogens with two attached hydrogens (primary N) is 1. The van der Waals surface area contributed by atoms with Gasteiger partial charge >= 0.3 is 0 Å². The first-order chi connectivity index (χ1) is 8.12. The van der Waals surface area contributed by atoms with Gasteiger partial charge in [0.15, 0.2) is 0 Å². The number of hydrogen-bond acceptors (Lipinski definition) is 3. The van der Waals surface area contributed by atoms with E-state index in [2.05, 4.69) is 55.2 Å². The molecule has 1 aromatic rings. The lowest BCUT2D eigenvalue weighted by Gasteiger charge is -2.18. The van der Waals surface area contributed by atoms with Gasteiger partial charge in [0.05, 0.1) is 11.7 Å². The number of aromatic nitrogens is 2. The van der Waals surface area contributed by atoms with Crippen molar-refractivity contribution in [2.75, 3.05) is 0 Å². The second-order valence-corrected chi connectivity index (χ2v) is 4.98. The summed E-state index contributed by atoms with van der Waals surface area (Å²) >= 11 is 0. The number of nitrogens with zero attached hydrogens (tertiary/aromatic N) is 2. The SMILES string of the molecule is CCC(CC)n1ccc(CC(NN)C(C)C)n1. The van der Waals surface area contributed by atoms with Crippen LogP contribution in [0.15, 0.2) is 12.3 Å². The van der Waals surface area contributed by atoms with Crippen molar-refractivity contribution in [3.63, 3.8) is 0 Å². The molecule has 4 heteroatoms. The molecule has 0 fully saturated rings. The van der Waals surface area contributed by atoms with E-state index in [4.69, 9.17) is 5.84 Å². The molecule has 0 saturated carbocycles. The molecule has 0 spiro atoms. The molecule has 1 atom stereocenters. The summed E-state index contributed by atoms with van der Waals surface area (Å²) in [5, 5.41) is 4.64. The number of rotatable bonds is 7. The first-order valence-corrected chi connectivity index (χ1v) is 6.62. The van der Waals surface area contributed by atoms with Crippen LogP contribution in [0.25, 0.3) is 0 Å². The fraction of sp³-hybridized carbons (Fsp3) is 0.769. The van der Waals surface area contributed by atoms with E-state index in [1.54, 1.807) is 0 Å². The molecule has 1 unspecified atom stereocenters. The smallest absolute Gasteiger partial charge is 0.0640 e. The van der Waals surface area contributed by atoms with E-state index in [9.17, 15) is 0 Å². The van der Waals surface area contributed by atoms with E-state index in [1.165, 1.54) is 0 Å². The van der Waals surface area contributed by atoms with Crippen molar-refractivity contribution >= 4 is 0 Å². The van der Waals surface area contributed by atoms with Crippen LogP contribution in [0.5, 0.6) is 0 Å². The standard InChI is InChI=1S/C13H26N4/c1-5-12(6-2)17-8-7-11(16-17)9-13(15-14)10(3)4/h7-8,10,12-13,15H,5-6,9,14H2,1-4H3. The van der Waals surface area contributed by atoms with Gasteiger partial charge in [-0.3, -0.25) is 16.0 Å². The molecule has 98 valence electrons. The highest BCUT2D eigenvalue weighted by Crippen LogP contribution is 2.15. The van der Waals surface area contributed by atoms with Crippen molar-refractivity contribution < 1.29 is 0 Å². The van der Waals surface area contributed by atoms with Gasteiger partial charge in [-0.15, -0.1) is 0 Å². The van der Waals surface area contributed by atoms with Gasteiger partial charge in [0, 0.05) is 18.7 Å². The second-order valence-electron chi connectivity index (χ2n) is 4.98. The average Bonchev–Trinajstić information content (AvgIpc) is 2.76. The van der Waals surface area contributed by atoms with Gasteiger partial charge in [0.25, 0.3) is 0 Å². The minimum atomic E-state index is 0.292. The second kappa shape index (κ2) is 6.77. The first-order valence-electron chi connectivity index (χ1n) is 6.62. The van der Waals surface area contributed by atoms with Gasteiger partial charge < -0.3 is 0 Å². The molecular formula is C13H26N4. The van der Waals surface area contributed by atoms with E-state index in [-0.39, 0.29) is 0 Å². The molecule has 1 rings (SSSR count). The van der Waals surface area contributed by atoms with E-state index < -0.39 is 0 Å². The Hall–Kier alpha value is -0.870. The summed E-state index contributed by atoms with van der Waals surface area (Å²) in [5.74, 6) is 6.07. The minimum absolute atomic E-state index is 0.292. The third kappa shape index (κ3) is 3.82. The molecule has 0 saturated heterocycles. The minimum Gasteiger partial charge on any atom is -0.271 e. The topological polar surface area (TPSA) is 55.9 Å². The van der Waals surface area contributed by atoms with Gasteiger partial charge in [-0.2, -0.15) is 5.10 Å². The normalized spacial score (nSPS) is 13.6. The van der Waals surface area contributed by atoms with Crippen molar-refractivity contribution in [1.29, 1.82) is 0 Å². The highest BCUT2D eigenvalue weighted by atomic mass is 15.3. The van der Waals surface area contributed by atoms with Gasteiger partial charge in [0.1, 0.15) is 0 Å². The molecule has 0 radical (unpaired) electrons. The zero-order valence-corrected chi connectivity index (χ0v) is 11.5. The van der Waals surface area contributed by atoms with Crippen molar-refractivity contribution in [2.24, 2.45) is 11.8 Å². The van der Waals surface area contributed by atoms with Crippen LogP contribution in [0.4, 0.5) is 0 Å². The predicted molar refractivity (Wildman–Crippen MR) is 71.5 cm³/mol.